The smallest absolute Gasteiger partial charge is 0.167 e. The van der Waals surface area contributed by atoms with Gasteiger partial charge in [-0.3, -0.25) is 4.57 Å². The van der Waals surface area contributed by atoms with E-state index < -0.39 is 18.1 Å². The van der Waals surface area contributed by atoms with Crippen LogP contribution in [0.3, 0.4) is 0 Å². The van der Waals surface area contributed by atoms with Crippen LogP contribution in [-0.4, -0.2) is 55.3 Å². The lowest BCUT2D eigenvalue weighted by atomic mass is 10.1. The summed E-state index contributed by atoms with van der Waals surface area (Å²) in [6.45, 7) is 3.59. The largest absolute Gasteiger partial charge is 0.394 e. The van der Waals surface area contributed by atoms with Gasteiger partial charge in [-0.1, -0.05) is 24.3 Å². The summed E-state index contributed by atoms with van der Waals surface area (Å²) in [4.78, 5) is 13.5. The first-order valence-corrected chi connectivity index (χ1v) is 10.7. The minimum Gasteiger partial charge on any atom is -0.394 e. The highest BCUT2D eigenvalue weighted by atomic mass is 16.8. The maximum atomic E-state index is 9.77. The number of nitrogens with zero attached hydrogens (tertiary/aromatic N) is 4. The van der Waals surface area contributed by atoms with E-state index in [2.05, 4.69) is 44.5 Å². The first-order valence-electron chi connectivity index (χ1n) is 10.7. The summed E-state index contributed by atoms with van der Waals surface area (Å²) in [5.74, 6) is -0.0405. The molecule has 0 spiro atoms. The normalized spacial score (nSPS) is 31.1. The van der Waals surface area contributed by atoms with Crippen molar-refractivity contribution >= 4 is 17.0 Å². The van der Waals surface area contributed by atoms with E-state index in [1.54, 1.807) is 6.33 Å². The number of anilines is 1. The van der Waals surface area contributed by atoms with Gasteiger partial charge in [0.15, 0.2) is 29.0 Å². The Morgan fingerprint density at radius 2 is 2.00 bits per heavy atom. The molecule has 4 heterocycles. The van der Waals surface area contributed by atoms with E-state index in [1.807, 2.05) is 18.4 Å². The van der Waals surface area contributed by atoms with Crippen molar-refractivity contribution in [3.63, 3.8) is 0 Å². The van der Waals surface area contributed by atoms with Gasteiger partial charge in [-0.25, -0.2) is 15.0 Å². The third kappa shape index (κ3) is 3.03. The summed E-state index contributed by atoms with van der Waals surface area (Å²) >= 11 is 0. The molecule has 0 amide bonds. The van der Waals surface area contributed by atoms with E-state index in [1.165, 1.54) is 17.5 Å². The standard InChI is InChI=1S/C22H25N5O4/c1-22(2)30-17-15(9-28)29-21(18(17)31-22)27-11-25-16-19(23-10-24-20(16)27)26-14-8-7-12-5-3-4-6-13(12)14/h3-6,10-11,14-15,17-18,21,28H,7-9H2,1-2H3,(H,23,24,26)/t14-,15+,17+,18+,21+/m0/s1. The maximum absolute atomic E-state index is 9.77. The van der Waals surface area contributed by atoms with E-state index in [0.717, 1.165) is 12.8 Å². The zero-order chi connectivity index (χ0) is 21.2. The van der Waals surface area contributed by atoms with Crippen LogP contribution in [-0.2, 0) is 20.6 Å². The molecule has 9 heteroatoms. The molecule has 0 bridgehead atoms. The number of aromatic nitrogens is 4. The van der Waals surface area contributed by atoms with Crippen molar-refractivity contribution in [2.75, 3.05) is 11.9 Å². The molecule has 6 rings (SSSR count). The molecule has 0 saturated carbocycles. The second kappa shape index (κ2) is 6.96. The third-order valence-electron chi connectivity index (χ3n) is 6.38. The number of benzene rings is 1. The highest BCUT2D eigenvalue weighted by Crippen LogP contribution is 2.44. The second-order valence-corrected chi connectivity index (χ2v) is 8.79. The lowest BCUT2D eigenvalue weighted by molar-refractivity contribution is -0.199. The number of aliphatic hydroxyl groups excluding tert-OH is 1. The molecule has 0 radical (unpaired) electrons. The predicted molar refractivity (Wildman–Crippen MR) is 111 cm³/mol. The van der Waals surface area contributed by atoms with Crippen molar-refractivity contribution in [2.24, 2.45) is 0 Å². The van der Waals surface area contributed by atoms with Gasteiger partial charge in [0.2, 0.25) is 0 Å². The van der Waals surface area contributed by atoms with Crippen molar-refractivity contribution in [3.05, 3.63) is 48.0 Å². The van der Waals surface area contributed by atoms with Crippen LogP contribution in [0.5, 0.6) is 0 Å². The van der Waals surface area contributed by atoms with Crippen molar-refractivity contribution < 1.29 is 19.3 Å². The summed E-state index contributed by atoms with van der Waals surface area (Å²) in [5, 5.41) is 13.3. The highest BCUT2D eigenvalue weighted by molar-refractivity contribution is 5.83. The molecule has 2 aromatic heterocycles. The summed E-state index contributed by atoms with van der Waals surface area (Å²) < 4.78 is 20.0. The first-order chi connectivity index (χ1) is 15.0. The van der Waals surface area contributed by atoms with Crippen molar-refractivity contribution in [1.29, 1.82) is 0 Å². The lowest BCUT2D eigenvalue weighted by Gasteiger charge is -2.24. The molecule has 9 nitrogen and oxygen atoms in total. The number of aliphatic hydroxyl groups is 1. The van der Waals surface area contributed by atoms with E-state index >= 15 is 0 Å². The Balaban J connectivity index is 1.33. The molecule has 3 aliphatic rings. The molecule has 2 fully saturated rings. The number of imidazole rings is 1. The Labute approximate surface area is 179 Å². The van der Waals surface area contributed by atoms with Crippen LogP contribution in [0, 0.1) is 0 Å². The molecule has 3 aromatic rings. The first kappa shape index (κ1) is 19.1. The molecule has 1 aromatic carbocycles. The summed E-state index contributed by atoms with van der Waals surface area (Å²) in [7, 11) is 0. The van der Waals surface area contributed by atoms with Gasteiger partial charge in [-0.2, -0.15) is 0 Å². The summed E-state index contributed by atoms with van der Waals surface area (Å²) in [6.07, 6.45) is 3.62. The number of rotatable bonds is 4. The molecular formula is C22H25N5O4. The van der Waals surface area contributed by atoms with Gasteiger partial charge >= 0.3 is 0 Å². The van der Waals surface area contributed by atoms with Gasteiger partial charge in [0, 0.05) is 0 Å². The molecule has 2 aliphatic heterocycles. The molecule has 2 N–H and O–H groups in total. The third-order valence-corrected chi connectivity index (χ3v) is 6.38. The number of aryl methyl sites for hydroxylation is 1. The zero-order valence-corrected chi connectivity index (χ0v) is 17.4. The molecule has 2 saturated heterocycles. The Bertz CT molecular complexity index is 1130. The SMILES string of the molecule is CC1(C)O[C@@H]2[C@H](O1)[C@@H](CO)O[C@H]2n1cnc2c(N[C@H]3CCc4ccccc43)ncnc21. The lowest BCUT2D eigenvalue weighted by Crippen LogP contribution is -2.31. The van der Waals surface area contributed by atoms with Crippen LogP contribution >= 0.6 is 0 Å². The fourth-order valence-corrected chi connectivity index (χ4v) is 5.05. The van der Waals surface area contributed by atoms with E-state index in [-0.39, 0.29) is 24.9 Å². The summed E-state index contributed by atoms with van der Waals surface area (Å²) in [5.41, 5.74) is 4.01. The van der Waals surface area contributed by atoms with Gasteiger partial charge in [-0.15, -0.1) is 0 Å². The zero-order valence-electron chi connectivity index (χ0n) is 17.4. The van der Waals surface area contributed by atoms with Crippen molar-refractivity contribution in [1.82, 2.24) is 19.5 Å². The fraction of sp³-hybridized carbons (Fsp3) is 0.500. The molecule has 1 aliphatic carbocycles. The Morgan fingerprint density at radius 1 is 1.16 bits per heavy atom. The quantitative estimate of drug-likeness (QED) is 0.659. The van der Waals surface area contributed by atoms with Crippen molar-refractivity contribution in [2.45, 2.75) is 63.1 Å². The number of nitrogens with one attached hydrogen (secondary N) is 1. The van der Waals surface area contributed by atoms with E-state index in [9.17, 15) is 5.11 Å². The number of hydrogen-bond acceptors (Lipinski definition) is 8. The van der Waals surface area contributed by atoms with Gasteiger partial charge in [0.05, 0.1) is 19.0 Å². The number of ether oxygens (including phenoxy) is 3. The minimum atomic E-state index is -0.737. The van der Waals surface area contributed by atoms with E-state index in [4.69, 9.17) is 14.2 Å². The summed E-state index contributed by atoms with van der Waals surface area (Å²) in [6, 6.07) is 8.68. The van der Waals surface area contributed by atoms with E-state index in [0.29, 0.717) is 17.0 Å². The minimum absolute atomic E-state index is 0.146. The average molecular weight is 423 g/mol. The number of fused-ring (bicyclic) bond motifs is 3. The Kier molecular flexibility index (Phi) is 4.29. The molecule has 5 atom stereocenters. The average Bonchev–Trinajstić information content (AvgIpc) is 3.50. The maximum Gasteiger partial charge on any atom is 0.167 e. The second-order valence-electron chi connectivity index (χ2n) is 8.79. The fourth-order valence-electron chi connectivity index (χ4n) is 5.05. The van der Waals surface area contributed by atoms with Crippen LogP contribution in [0.15, 0.2) is 36.9 Å². The van der Waals surface area contributed by atoms with Gasteiger partial charge in [-0.05, 0) is 37.8 Å². The molecular weight excluding hydrogens is 398 g/mol. The van der Waals surface area contributed by atoms with Gasteiger partial charge in [0.1, 0.15) is 24.6 Å². The topological polar surface area (TPSA) is 104 Å². The molecule has 162 valence electrons. The molecule has 31 heavy (non-hydrogen) atoms. The van der Waals surface area contributed by atoms with Gasteiger partial charge < -0.3 is 24.6 Å². The van der Waals surface area contributed by atoms with Crippen LogP contribution in [0.4, 0.5) is 5.82 Å². The van der Waals surface area contributed by atoms with Crippen LogP contribution < -0.4 is 5.32 Å². The Hall–Kier alpha value is -2.59. The van der Waals surface area contributed by atoms with Crippen LogP contribution in [0.1, 0.15) is 43.7 Å². The van der Waals surface area contributed by atoms with Gasteiger partial charge in [0.25, 0.3) is 0 Å². The predicted octanol–water partition coefficient (Wildman–Crippen LogP) is 2.34. The highest BCUT2D eigenvalue weighted by Gasteiger charge is 2.56. The molecule has 0 unspecified atom stereocenters. The van der Waals surface area contributed by atoms with Crippen molar-refractivity contribution in [3.8, 4) is 0 Å². The number of hydrogen-bond donors (Lipinski definition) is 2. The van der Waals surface area contributed by atoms with Crippen LogP contribution in [0.2, 0.25) is 0 Å². The monoisotopic (exact) mass is 423 g/mol. The van der Waals surface area contributed by atoms with Crippen LogP contribution in [0.25, 0.3) is 11.2 Å². The Morgan fingerprint density at radius 3 is 2.87 bits per heavy atom.